The lowest BCUT2D eigenvalue weighted by Crippen LogP contribution is -2.58. The lowest BCUT2D eigenvalue weighted by atomic mass is 9.88. The quantitative estimate of drug-likeness (QED) is 0.682. The molecule has 2 aromatic heterocycles. The molecule has 0 amide bonds. The Morgan fingerprint density at radius 3 is 2.45 bits per heavy atom. The maximum Gasteiger partial charge on any atom is 0.186 e. The van der Waals surface area contributed by atoms with Gasteiger partial charge in [-0.1, -0.05) is 23.5 Å². The molecule has 29 heavy (non-hydrogen) atoms. The zero-order valence-electron chi connectivity index (χ0n) is 17.1. The average Bonchev–Trinajstić information content (AvgIpc) is 3.03. The van der Waals surface area contributed by atoms with Crippen LogP contribution in [-0.4, -0.2) is 33.3 Å². The maximum atomic E-state index is 10.5. The fourth-order valence-electron chi connectivity index (χ4n) is 3.88. The summed E-state index contributed by atoms with van der Waals surface area (Å²) < 4.78 is 0. The molecule has 5 nitrogen and oxygen atoms in total. The van der Waals surface area contributed by atoms with Gasteiger partial charge in [0.15, 0.2) is 5.13 Å². The van der Waals surface area contributed by atoms with Gasteiger partial charge < -0.3 is 10.0 Å². The Balaban J connectivity index is 1.86. The third kappa shape index (κ3) is 3.76. The number of pyridine rings is 1. The van der Waals surface area contributed by atoms with Crippen molar-refractivity contribution in [2.75, 3.05) is 11.4 Å². The topological polar surface area (TPSA) is 73.0 Å². The molecular formula is C23H24N4OS. The van der Waals surface area contributed by atoms with Crippen LogP contribution >= 0.6 is 11.3 Å². The van der Waals surface area contributed by atoms with E-state index in [1.807, 2.05) is 45.9 Å². The van der Waals surface area contributed by atoms with E-state index in [4.69, 9.17) is 4.98 Å². The summed E-state index contributed by atoms with van der Waals surface area (Å²) in [6.07, 6.45) is 0.950. The zero-order chi connectivity index (χ0) is 20.8. The summed E-state index contributed by atoms with van der Waals surface area (Å²) in [5.41, 5.74) is 4.63. The molecular weight excluding hydrogens is 380 g/mol. The van der Waals surface area contributed by atoms with E-state index in [0.717, 1.165) is 51.2 Å². The number of benzene rings is 1. The van der Waals surface area contributed by atoms with Crippen molar-refractivity contribution in [2.24, 2.45) is 0 Å². The maximum absolute atomic E-state index is 10.5. The number of hydrogen-bond acceptors (Lipinski definition) is 6. The Bertz CT molecular complexity index is 1090. The minimum atomic E-state index is -0.783. The highest BCUT2D eigenvalue weighted by molar-refractivity contribution is 7.19. The highest BCUT2D eigenvalue weighted by Gasteiger charge is 2.40. The van der Waals surface area contributed by atoms with E-state index in [1.165, 1.54) is 0 Å². The van der Waals surface area contributed by atoms with Crippen molar-refractivity contribution in [2.45, 2.75) is 45.8 Å². The molecule has 0 saturated carbocycles. The molecule has 0 radical (unpaired) electrons. The molecule has 1 fully saturated rings. The van der Waals surface area contributed by atoms with Crippen LogP contribution < -0.4 is 4.90 Å². The van der Waals surface area contributed by atoms with Gasteiger partial charge in [0.2, 0.25) is 0 Å². The molecule has 3 heterocycles. The first-order valence-electron chi connectivity index (χ1n) is 9.72. The molecule has 1 atom stereocenters. The zero-order valence-corrected chi connectivity index (χ0v) is 17.9. The van der Waals surface area contributed by atoms with Crippen molar-refractivity contribution in [1.29, 1.82) is 5.26 Å². The van der Waals surface area contributed by atoms with E-state index in [2.05, 4.69) is 28.1 Å². The SMILES string of the molecule is Cc1cc(-c2sc(N3CC[C@H]3C(C)(C)O)nc2-c2cccc(C#N)c2)cc(C)n1. The van der Waals surface area contributed by atoms with Gasteiger partial charge in [-0.2, -0.15) is 5.26 Å². The van der Waals surface area contributed by atoms with E-state index in [9.17, 15) is 10.4 Å². The van der Waals surface area contributed by atoms with Crippen molar-refractivity contribution in [3.8, 4) is 27.8 Å². The molecule has 0 spiro atoms. The van der Waals surface area contributed by atoms with Crippen LogP contribution in [0.5, 0.6) is 0 Å². The molecule has 3 aromatic rings. The summed E-state index contributed by atoms with van der Waals surface area (Å²) >= 11 is 1.64. The number of hydrogen-bond donors (Lipinski definition) is 1. The Labute approximate surface area is 175 Å². The van der Waals surface area contributed by atoms with Gasteiger partial charge in [0.1, 0.15) is 0 Å². The van der Waals surface area contributed by atoms with Crippen LogP contribution in [0.15, 0.2) is 36.4 Å². The van der Waals surface area contributed by atoms with Crippen molar-refractivity contribution in [3.63, 3.8) is 0 Å². The van der Waals surface area contributed by atoms with Gasteiger partial charge in [-0.15, -0.1) is 0 Å². The highest BCUT2D eigenvalue weighted by atomic mass is 32.1. The molecule has 0 bridgehead atoms. The summed E-state index contributed by atoms with van der Waals surface area (Å²) in [5.74, 6) is 0. The Morgan fingerprint density at radius 1 is 1.14 bits per heavy atom. The fraction of sp³-hybridized carbons (Fsp3) is 0.348. The number of nitrogens with zero attached hydrogens (tertiary/aromatic N) is 4. The molecule has 1 saturated heterocycles. The first-order chi connectivity index (χ1) is 13.8. The predicted molar refractivity (Wildman–Crippen MR) is 117 cm³/mol. The van der Waals surface area contributed by atoms with E-state index in [-0.39, 0.29) is 6.04 Å². The molecule has 1 aliphatic rings. The monoisotopic (exact) mass is 404 g/mol. The second-order valence-corrected chi connectivity index (χ2v) is 9.13. The summed E-state index contributed by atoms with van der Waals surface area (Å²) in [5, 5.41) is 20.7. The first-order valence-corrected chi connectivity index (χ1v) is 10.5. The molecule has 148 valence electrons. The standard InChI is InChI=1S/C23H24N4OS/c1-14-10-18(11-15(2)25-14)21-20(17-7-5-6-16(12-17)13-24)26-22(29-21)27-9-8-19(27)23(3,4)28/h5-7,10-12,19,28H,8-9H2,1-4H3/t19-/m0/s1. The molecule has 4 rings (SSSR count). The normalized spacial score (nSPS) is 16.4. The molecule has 0 aliphatic carbocycles. The Hall–Kier alpha value is -2.75. The van der Waals surface area contributed by atoms with Crippen LogP contribution in [0.25, 0.3) is 21.7 Å². The van der Waals surface area contributed by atoms with Gasteiger partial charge in [-0.25, -0.2) is 4.98 Å². The van der Waals surface area contributed by atoms with E-state index >= 15 is 0 Å². The van der Waals surface area contributed by atoms with Gasteiger partial charge in [0, 0.05) is 23.5 Å². The average molecular weight is 405 g/mol. The Morgan fingerprint density at radius 2 is 1.86 bits per heavy atom. The van der Waals surface area contributed by atoms with Gasteiger partial charge >= 0.3 is 0 Å². The molecule has 6 heteroatoms. The van der Waals surface area contributed by atoms with E-state index in [0.29, 0.717) is 5.56 Å². The van der Waals surface area contributed by atoms with Crippen LogP contribution in [0.3, 0.4) is 0 Å². The van der Waals surface area contributed by atoms with Crippen LogP contribution in [0.4, 0.5) is 5.13 Å². The second-order valence-electron chi connectivity index (χ2n) is 8.16. The highest BCUT2D eigenvalue weighted by Crippen LogP contribution is 2.44. The molecule has 1 aromatic carbocycles. The summed E-state index contributed by atoms with van der Waals surface area (Å²) in [4.78, 5) is 12.7. The van der Waals surface area contributed by atoms with Crippen molar-refractivity contribution in [3.05, 3.63) is 53.3 Å². The smallest absolute Gasteiger partial charge is 0.186 e. The third-order valence-electron chi connectivity index (χ3n) is 5.31. The van der Waals surface area contributed by atoms with Crippen LogP contribution in [-0.2, 0) is 0 Å². The van der Waals surface area contributed by atoms with Gasteiger partial charge in [0.05, 0.1) is 33.8 Å². The summed E-state index contributed by atoms with van der Waals surface area (Å²) in [7, 11) is 0. The number of nitriles is 1. The van der Waals surface area contributed by atoms with Gasteiger partial charge in [0.25, 0.3) is 0 Å². The lowest BCUT2D eigenvalue weighted by Gasteiger charge is -2.47. The number of aromatic nitrogens is 2. The molecule has 0 unspecified atom stereocenters. The molecule has 1 N–H and O–H groups in total. The third-order valence-corrected chi connectivity index (χ3v) is 6.45. The minimum Gasteiger partial charge on any atom is -0.388 e. The predicted octanol–water partition coefficient (Wildman–Crippen LogP) is 4.71. The lowest BCUT2D eigenvalue weighted by molar-refractivity contribution is 0.0293. The number of aliphatic hydroxyl groups is 1. The van der Waals surface area contributed by atoms with Gasteiger partial charge in [-0.3, -0.25) is 4.98 Å². The number of thiazole rings is 1. The van der Waals surface area contributed by atoms with E-state index in [1.54, 1.807) is 17.4 Å². The summed E-state index contributed by atoms with van der Waals surface area (Å²) in [6.45, 7) is 8.58. The number of anilines is 1. The number of rotatable bonds is 4. The second kappa shape index (κ2) is 7.25. The fourth-order valence-corrected chi connectivity index (χ4v) is 5.03. The number of aryl methyl sites for hydroxylation is 2. The molecule has 1 aliphatic heterocycles. The van der Waals surface area contributed by atoms with Crippen LogP contribution in [0.1, 0.15) is 37.2 Å². The van der Waals surface area contributed by atoms with Crippen molar-refractivity contribution in [1.82, 2.24) is 9.97 Å². The largest absolute Gasteiger partial charge is 0.388 e. The van der Waals surface area contributed by atoms with Gasteiger partial charge in [-0.05, 0) is 63.9 Å². The van der Waals surface area contributed by atoms with Crippen LogP contribution in [0.2, 0.25) is 0 Å². The summed E-state index contributed by atoms with van der Waals surface area (Å²) in [6, 6.07) is 14.0. The first kappa shape index (κ1) is 19.6. The van der Waals surface area contributed by atoms with Crippen molar-refractivity contribution < 1.29 is 5.11 Å². The van der Waals surface area contributed by atoms with E-state index < -0.39 is 5.60 Å². The van der Waals surface area contributed by atoms with Crippen molar-refractivity contribution >= 4 is 16.5 Å². The Kier molecular flexibility index (Phi) is 4.89. The minimum absolute atomic E-state index is 0.0562. The van der Waals surface area contributed by atoms with Crippen LogP contribution in [0, 0.1) is 25.2 Å².